The van der Waals surface area contributed by atoms with Gasteiger partial charge in [0.15, 0.2) is 16.5 Å². The van der Waals surface area contributed by atoms with Crippen LogP contribution in [0.2, 0.25) is 0 Å². The summed E-state index contributed by atoms with van der Waals surface area (Å²) in [5.41, 5.74) is 4.31. The molecule has 1 aliphatic heterocycles. The lowest BCUT2D eigenvalue weighted by Crippen LogP contribution is -2.04. The zero-order chi connectivity index (χ0) is 24.0. The molecule has 8 nitrogen and oxygen atoms in total. The number of benzene rings is 2. The molecule has 4 aromatic rings. The molecular formula is C25H23N3O5S. The summed E-state index contributed by atoms with van der Waals surface area (Å²) < 4.78 is 23.9. The van der Waals surface area contributed by atoms with Crippen molar-refractivity contribution in [3.8, 4) is 34.3 Å². The van der Waals surface area contributed by atoms with Gasteiger partial charge in [-0.3, -0.25) is 9.20 Å². The molecule has 1 N–H and O–H groups in total. The second kappa shape index (κ2) is 8.42. The number of nitrogens with one attached hydrogen (secondary N) is 1. The van der Waals surface area contributed by atoms with Crippen LogP contribution >= 0.6 is 11.3 Å². The minimum Gasteiger partial charge on any atom is -0.497 e. The Kier molecular flexibility index (Phi) is 5.41. The van der Waals surface area contributed by atoms with Crippen molar-refractivity contribution in [3.63, 3.8) is 0 Å². The third kappa shape index (κ3) is 3.45. The molecular weight excluding hydrogens is 454 g/mol. The molecule has 2 aromatic heterocycles. The summed E-state index contributed by atoms with van der Waals surface area (Å²) in [5, 5.41) is 2.93. The number of anilines is 1. The van der Waals surface area contributed by atoms with Crippen LogP contribution < -0.4 is 24.3 Å². The molecule has 0 aliphatic carbocycles. The predicted octanol–water partition coefficient (Wildman–Crippen LogP) is 4.90. The molecule has 34 heavy (non-hydrogen) atoms. The fraction of sp³-hybridized carbons (Fsp3) is 0.200. The first-order valence-corrected chi connectivity index (χ1v) is 11.3. The van der Waals surface area contributed by atoms with Gasteiger partial charge in [-0.2, -0.15) is 0 Å². The van der Waals surface area contributed by atoms with Crippen LogP contribution in [0.15, 0.2) is 36.5 Å². The van der Waals surface area contributed by atoms with E-state index < -0.39 is 0 Å². The Morgan fingerprint density at radius 3 is 2.38 bits per heavy atom. The van der Waals surface area contributed by atoms with Gasteiger partial charge >= 0.3 is 0 Å². The Balaban J connectivity index is 1.75. The lowest BCUT2D eigenvalue weighted by molar-refractivity contribution is -0.110. The summed E-state index contributed by atoms with van der Waals surface area (Å²) in [4.78, 5) is 19.7. The Hall–Kier alpha value is -3.98. The molecule has 0 saturated heterocycles. The molecule has 3 heterocycles. The summed E-state index contributed by atoms with van der Waals surface area (Å²) in [6.07, 6.45) is 3.88. The fourth-order valence-corrected chi connectivity index (χ4v) is 4.95. The zero-order valence-corrected chi connectivity index (χ0v) is 20.2. The van der Waals surface area contributed by atoms with Gasteiger partial charge in [-0.1, -0.05) is 0 Å². The summed E-state index contributed by atoms with van der Waals surface area (Å²) in [6, 6.07) is 9.23. The van der Waals surface area contributed by atoms with E-state index in [1.165, 1.54) is 0 Å². The quantitative estimate of drug-likeness (QED) is 0.398. The van der Waals surface area contributed by atoms with Crippen LogP contribution in [0.4, 0.5) is 5.69 Å². The number of amides is 1. The van der Waals surface area contributed by atoms with E-state index >= 15 is 0 Å². The van der Waals surface area contributed by atoms with Crippen molar-refractivity contribution in [2.24, 2.45) is 0 Å². The van der Waals surface area contributed by atoms with Crippen LogP contribution in [0.1, 0.15) is 16.1 Å². The highest BCUT2D eigenvalue weighted by molar-refractivity contribution is 7.17. The normalized spacial score (nSPS) is 13.8. The molecule has 0 spiro atoms. The Morgan fingerprint density at radius 1 is 1.00 bits per heavy atom. The van der Waals surface area contributed by atoms with E-state index in [4.69, 9.17) is 23.9 Å². The number of aryl methyl sites for hydroxylation is 1. The number of nitrogens with zero attached hydrogens (tertiary/aromatic N) is 2. The SMILES string of the molecule is COc1ccc2c(c1)/C(=C/c1c(-c3cc(OC)c(OC)c(OC)c3)nc3sc(C)cn13)C(=O)N2. The van der Waals surface area contributed by atoms with Crippen LogP contribution in [0, 0.1) is 6.92 Å². The van der Waals surface area contributed by atoms with Gasteiger partial charge in [0.2, 0.25) is 5.75 Å². The summed E-state index contributed by atoms with van der Waals surface area (Å²) in [5.74, 6) is 2.05. The number of rotatable bonds is 6. The molecule has 2 aromatic carbocycles. The van der Waals surface area contributed by atoms with E-state index in [9.17, 15) is 4.79 Å². The third-order valence-electron chi connectivity index (χ3n) is 5.71. The summed E-state index contributed by atoms with van der Waals surface area (Å²) in [7, 11) is 6.32. The van der Waals surface area contributed by atoms with Gasteiger partial charge in [-0.15, -0.1) is 11.3 Å². The largest absolute Gasteiger partial charge is 0.497 e. The Labute approximate surface area is 200 Å². The monoisotopic (exact) mass is 477 g/mol. The number of hydrogen-bond donors (Lipinski definition) is 1. The maximum absolute atomic E-state index is 12.9. The minimum atomic E-state index is -0.180. The van der Waals surface area contributed by atoms with E-state index in [1.807, 2.05) is 53.9 Å². The smallest absolute Gasteiger partial charge is 0.256 e. The van der Waals surface area contributed by atoms with Crippen molar-refractivity contribution in [2.75, 3.05) is 33.8 Å². The van der Waals surface area contributed by atoms with Crippen molar-refractivity contribution in [1.82, 2.24) is 9.38 Å². The molecule has 5 rings (SSSR count). The van der Waals surface area contributed by atoms with E-state index in [0.29, 0.717) is 34.3 Å². The maximum Gasteiger partial charge on any atom is 0.256 e. The molecule has 0 unspecified atom stereocenters. The average molecular weight is 478 g/mol. The van der Waals surface area contributed by atoms with Crippen molar-refractivity contribution >= 4 is 39.5 Å². The number of ether oxygens (including phenoxy) is 4. The molecule has 1 amide bonds. The van der Waals surface area contributed by atoms with E-state index in [2.05, 4.69) is 5.32 Å². The number of carbonyl (C=O) groups excluding carboxylic acids is 1. The second-order valence-electron chi connectivity index (χ2n) is 7.68. The molecule has 0 bridgehead atoms. The van der Waals surface area contributed by atoms with Crippen LogP contribution in [0.25, 0.3) is 27.9 Å². The summed E-state index contributed by atoms with van der Waals surface area (Å²) >= 11 is 1.57. The van der Waals surface area contributed by atoms with Crippen LogP contribution in [-0.4, -0.2) is 43.7 Å². The third-order valence-corrected chi connectivity index (χ3v) is 6.61. The number of carbonyl (C=O) groups is 1. The van der Waals surface area contributed by atoms with Gasteiger partial charge in [0.05, 0.1) is 45.4 Å². The second-order valence-corrected chi connectivity index (χ2v) is 8.89. The minimum absolute atomic E-state index is 0.180. The summed E-state index contributed by atoms with van der Waals surface area (Å²) in [6.45, 7) is 2.03. The maximum atomic E-state index is 12.9. The lowest BCUT2D eigenvalue weighted by atomic mass is 10.0. The highest BCUT2D eigenvalue weighted by Gasteiger charge is 2.27. The van der Waals surface area contributed by atoms with Gasteiger partial charge in [0, 0.05) is 27.9 Å². The number of thiazole rings is 1. The molecule has 9 heteroatoms. The average Bonchev–Trinajstić information content (AvgIpc) is 3.48. The van der Waals surface area contributed by atoms with Gasteiger partial charge < -0.3 is 24.3 Å². The van der Waals surface area contributed by atoms with Gasteiger partial charge in [0.25, 0.3) is 5.91 Å². The molecule has 0 saturated carbocycles. The number of imidazole rings is 1. The van der Waals surface area contributed by atoms with Gasteiger partial charge in [-0.05, 0) is 43.3 Å². The Morgan fingerprint density at radius 2 is 1.74 bits per heavy atom. The highest BCUT2D eigenvalue weighted by Crippen LogP contribution is 2.43. The number of hydrogen-bond acceptors (Lipinski definition) is 7. The van der Waals surface area contributed by atoms with Crippen LogP contribution in [0.5, 0.6) is 23.0 Å². The van der Waals surface area contributed by atoms with Crippen molar-refractivity contribution in [1.29, 1.82) is 0 Å². The molecule has 1 aliphatic rings. The molecule has 0 fully saturated rings. The predicted molar refractivity (Wildman–Crippen MR) is 132 cm³/mol. The van der Waals surface area contributed by atoms with Crippen molar-refractivity contribution in [3.05, 3.63) is 52.7 Å². The molecule has 0 atom stereocenters. The number of methoxy groups -OCH3 is 4. The molecule has 0 radical (unpaired) electrons. The van der Waals surface area contributed by atoms with Gasteiger partial charge in [-0.25, -0.2) is 4.98 Å². The first-order chi connectivity index (χ1) is 16.5. The highest BCUT2D eigenvalue weighted by atomic mass is 32.1. The zero-order valence-electron chi connectivity index (χ0n) is 19.4. The van der Waals surface area contributed by atoms with E-state index in [0.717, 1.165) is 32.3 Å². The first kappa shape index (κ1) is 21.8. The lowest BCUT2D eigenvalue weighted by Gasteiger charge is -2.14. The fourth-order valence-electron chi connectivity index (χ4n) is 4.12. The first-order valence-electron chi connectivity index (χ1n) is 10.5. The Bertz CT molecular complexity index is 1440. The van der Waals surface area contributed by atoms with E-state index in [-0.39, 0.29) is 5.91 Å². The molecule has 174 valence electrons. The topological polar surface area (TPSA) is 83.3 Å². The van der Waals surface area contributed by atoms with E-state index in [1.54, 1.807) is 39.8 Å². The van der Waals surface area contributed by atoms with Crippen molar-refractivity contribution in [2.45, 2.75) is 6.92 Å². The van der Waals surface area contributed by atoms with Gasteiger partial charge in [0.1, 0.15) is 5.75 Å². The van der Waals surface area contributed by atoms with Crippen LogP contribution in [0.3, 0.4) is 0 Å². The number of fused-ring (bicyclic) bond motifs is 2. The van der Waals surface area contributed by atoms with Crippen LogP contribution in [-0.2, 0) is 4.79 Å². The number of aromatic nitrogens is 2. The van der Waals surface area contributed by atoms with Crippen molar-refractivity contribution < 1.29 is 23.7 Å². The standard InChI is InChI=1S/C25H23N3O5S/c1-13-12-28-19(11-17-16-10-15(30-2)6-7-18(16)26-24(17)29)22(27-25(28)34-13)14-8-20(31-3)23(33-5)21(9-14)32-4/h6-12H,1-5H3,(H,26,29)/b17-11-.